The van der Waals surface area contributed by atoms with Gasteiger partial charge in [-0.3, -0.25) is 9.71 Å². The van der Waals surface area contributed by atoms with Crippen LogP contribution in [0.15, 0.2) is 67.0 Å². The molecule has 34 heavy (non-hydrogen) atoms. The van der Waals surface area contributed by atoms with Crippen molar-refractivity contribution in [2.24, 2.45) is 0 Å². The van der Waals surface area contributed by atoms with Crippen LogP contribution in [0.5, 0.6) is 0 Å². The predicted molar refractivity (Wildman–Crippen MR) is 139 cm³/mol. The predicted octanol–water partition coefficient (Wildman–Crippen LogP) is 4.94. The Bertz CT molecular complexity index is 1250. The maximum Gasteiger partial charge on any atom is 0.229 e. The van der Waals surface area contributed by atoms with Gasteiger partial charge in [0.25, 0.3) is 0 Å². The lowest BCUT2D eigenvalue weighted by Gasteiger charge is -2.32. The monoisotopic (exact) mass is 495 g/mol. The van der Waals surface area contributed by atoms with Crippen molar-refractivity contribution in [2.45, 2.75) is 50.2 Å². The Morgan fingerprint density at radius 2 is 1.79 bits per heavy atom. The summed E-state index contributed by atoms with van der Waals surface area (Å²) < 4.78 is 28.2. The largest absolute Gasteiger partial charge is 0.351 e. The van der Waals surface area contributed by atoms with E-state index in [1.807, 2.05) is 36.5 Å². The van der Waals surface area contributed by atoms with Gasteiger partial charge in [-0.15, -0.1) is 0 Å². The van der Waals surface area contributed by atoms with Crippen molar-refractivity contribution in [2.75, 3.05) is 15.9 Å². The number of benzene rings is 1. The summed E-state index contributed by atoms with van der Waals surface area (Å²) >= 11 is 5.84. The average molecular weight is 496 g/mol. The topological polar surface area (TPSA) is 79.3 Å². The van der Waals surface area contributed by atoms with Crippen LogP contribution < -0.4 is 14.9 Å². The van der Waals surface area contributed by atoms with E-state index in [1.165, 1.54) is 37.8 Å². The molecule has 0 bridgehead atoms. The van der Waals surface area contributed by atoms with Crippen LogP contribution in [0.2, 0.25) is 0 Å². The molecule has 3 heterocycles. The van der Waals surface area contributed by atoms with Gasteiger partial charge in [0.2, 0.25) is 10.0 Å². The minimum Gasteiger partial charge on any atom is -0.351 e. The average Bonchev–Trinajstić information content (AvgIpc) is 3.44. The van der Waals surface area contributed by atoms with Gasteiger partial charge >= 0.3 is 0 Å². The number of thiocarbonyl (C=S) groups is 1. The van der Waals surface area contributed by atoms with Crippen molar-refractivity contribution in [3.05, 3.63) is 78.4 Å². The van der Waals surface area contributed by atoms with Gasteiger partial charge in [-0.25, -0.2) is 8.42 Å². The second kappa shape index (κ2) is 9.38. The Hall–Kier alpha value is -2.91. The highest BCUT2D eigenvalue weighted by atomic mass is 32.2. The number of hydrogen-bond acceptors (Lipinski definition) is 4. The fourth-order valence-corrected chi connectivity index (χ4v) is 6.10. The van der Waals surface area contributed by atoms with Crippen LogP contribution in [-0.2, 0) is 10.0 Å². The van der Waals surface area contributed by atoms with Crippen molar-refractivity contribution in [1.29, 1.82) is 0 Å². The van der Waals surface area contributed by atoms with Crippen LogP contribution in [0.1, 0.15) is 61.6 Å². The van der Waals surface area contributed by atoms with Crippen LogP contribution >= 0.6 is 12.2 Å². The summed E-state index contributed by atoms with van der Waals surface area (Å²) in [7, 11) is -3.34. The number of anilines is 2. The molecule has 3 aromatic rings. The lowest BCUT2D eigenvalue weighted by Crippen LogP contribution is -2.31. The lowest BCUT2D eigenvalue weighted by atomic mass is 9.94. The molecule has 9 heteroatoms. The van der Waals surface area contributed by atoms with E-state index < -0.39 is 10.0 Å². The Labute approximate surface area is 206 Å². The van der Waals surface area contributed by atoms with Gasteiger partial charge in [-0.05, 0) is 73.6 Å². The molecule has 1 aliphatic heterocycles. The molecule has 2 aromatic heterocycles. The molecule has 2 N–H and O–H groups in total. The number of pyridine rings is 1. The highest BCUT2D eigenvalue weighted by Crippen LogP contribution is 2.43. The molecule has 0 spiro atoms. The lowest BCUT2D eigenvalue weighted by molar-refractivity contribution is 0.340. The number of rotatable bonds is 6. The van der Waals surface area contributed by atoms with E-state index in [0.717, 1.165) is 17.6 Å². The van der Waals surface area contributed by atoms with Crippen LogP contribution in [-0.4, -0.2) is 29.3 Å². The summed E-state index contributed by atoms with van der Waals surface area (Å²) in [5.74, 6) is 0. The van der Waals surface area contributed by atoms with Crippen molar-refractivity contribution < 1.29 is 8.42 Å². The molecule has 0 unspecified atom stereocenters. The molecule has 5 rings (SSSR count). The van der Waals surface area contributed by atoms with Gasteiger partial charge in [-0.2, -0.15) is 0 Å². The summed E-state index contributed by atoms with van der Waals surface area (Å²) in [5.41, 5.74) is 3.56. The van der Waals surface area contributed by atoms with Crippen LogP contribution in [0, 0.1) is 0 Å². The first-order chi connectivity index (χ1) is 16.4. The number of hydrogen-bond donors (Lipinski definition) is 2. The van der Waals surface area contributed by atoms with E-state index in [-0.39, 0.29) is 12.1 Å². The van der Waals surface area contributed by atoms with Crippen molar-refractivity contribution >= 4 is 38.7 Å². The second-order valence-corrected chi connectivity index (χ2v) is 11.2. The summed E-state index contributed by atoms with van der Waals surface area (Å²) in [6, 6.07) is 17.9. The molecule has 0 amide bonds. The quantitative estimate of drug-likeness (QED) is 0.472. The summed E-state index contributed by atoms with van der Waals surface area (Å²) in [6.45, 7) is 0. The zero-order valence-electron chi connectivity index (χ0n) is 19.1. The maximum absolute atomic E-state index is 11.6. The molecule has 1 aliphatic carbocycles. The van der Waals surface area contributed by atoms with Gasteiger partial charge in [0.1, 0.15) is 6.04 Å². The molecule has 1 saturated carbocycles. The molecule has 0 radical (unpaired) electrons. The van der Waals surface area contributed by atoms with Gasteiger partial charge in [0.15, 0.2) is 5.11 Å². The van der Waals surface area contributed by atoms with Crippen LogP contribution in [0.25, 0.3) is 0 Å². The van der Waals surface area contributed by atoms with Gasteiger partial charge < -0.3 is 14.8 Å². The minimum atomic E-state index is -3.34. The fraction of sp³-hybridized carbons (Fsp3) is 0.360. The molecule has 2 fully saturated rings. The molecule has 7 nitrogen and oxygen atoms in total. The third kappa shape index (κ3) is 4.67. The third-order valence-corrected chi connectivity index (χ3v) is 7.55. The third-order valence-electron chi connectivity index (χ3n) is 6.63. The van der Waals surface area contributed by atoms with Crippen molar-refractivity contribution in [3.8, 4) is 0 Å². The van der Waals surface area contributed by atoms with Gasteiger partial charge in [-0.1, -0.05) is 25.3 Å². The molecule has 2 atom stereocenters. The van der Waals surface area contributed by atoms with E-state index in [1.54, 1.807) is 12.1 Å². The van der Waals surface area contributed by atoms with E-state index in [0.29, 0.717) is 16.8 Å². The standard InChI is InChI=1S/C25H29N5O2S2/c1-34(31,32)28-18-12-14-20(15-13-18)30-24(23(27-25(30)33)21-10-5-6-16-26-21)22-11-7-17-29(22)19-8-3-2-4-9-19/h5-7,10-17,19,23-24,28H,2-4,8-9H2,1H3,(H,27,33)/t23-,24+/m1/s1. The summed E-state index contributed by atoms with van der Waals surface area (Å²) in [4.78, 5) is 6.78. The normalized spacial score (nSPS) is 21.4. The fourth-order valence-electron chi connectivity index (χ4n) is 5.19. The van der Waals surface area contributed by atoms with E-state index in [2.05, 4.69) is 42.8 Å². The van der Waals surface area contributed by atoms with Gasteiger partial charge in [0.05, 0.1) is 18.0 Å². The van der Waals surface area contributed by atoms with Crippen LogP contribution in [0.3, 0.4) is 0 Å². The van der Waals surface area contributed by atoms with Gasteiger partial charge in [0, 0.05) is 35.5 Å². The van der Waals surface area contributed by atoms with E-state index >= 15 is 0 Å². The first-order valence-corrected chi connectivity index (χ1v) is 14.0. The Balaban J connectivity index is 1.56. The molecule has 1 saturated heterocycles. The highest BCUT2D eigenvalue weighted by Gasteiger charge is 2.42. The number of nitrogens with one attached hydrogen (secondary N) is 2. The SMILES string of the molecule is CS(=O)(=O)Nc1ccc(N2C(=S)N[C@H](c3ccccn3)[C@@H]2c2cccn2C2CCCCC2)cc1. The Morgan fingerprint density at radius 1 is 1.03 bits per heavy atom. The summed E-state index contributed by atoms with van der Waals surface area (Å²) in [6.07, 6.45) is 11.3. The van der Waals surface area contributed by atoms with Crippen molar-refractivity contribution in [1.82, 2.24) is 14.9 Å². The smallest absolute Gasteiger partial charge is 0.229 e. The number of aromatic nitrogens is 2. The summed E-state index contributed by atoms with van der Waals surface area (Å²) in [5, 5.41) is 4.14. The zero-order chi connectivity index (χ0) is 23.7. The molecular weight excluding hydrogens is 466 g/mol. The molecule has 2 aliphatic rings. The molecule has 1 aromatic carbocycles. The zero-order valence-corrected chi connectivity index (χ0v) is 20.7. The van der Waals surface area contributed by atoms with E-state index in [4.69, 9.17) is 12.2 Å². The number of sulfonamides is 1. The highest BCUT2D eigenvalue weighted by molar-refractivity contribution is 7.92. The second-order valence-electron chi connectivity index (χ2n) is 9.05. The molecular formula is C25H29N5O2S2. The number of nitrogens with zero attached hydrogens (tertiary/aromatic N) is 3. The first-order valence-electron chi connectivity index (χ1n) is 11.7. The van der Waals surface area contributed by atoms with Crippen molar-refractivity contribution in [3.63, 3.8) is 0 Å². The Kier molecular flexibility index (Phi) is 6.31. The Morgan fingerprint density at radius 3 is 2.47 bits per heavy atom. The first kappa shape index (κ1) is 22.9. The minimum absolute atomic E-state index is 0.0898. The van der Waals surface area contributed by atoms with Crippen LogP contribution in [0.4, 0.5) is 11.4 Å². The maximum atomic E-state index is 11.6. The van der Waals surface area contributed by atoms with E-state index in [9.17, 15) is 8.42 Å². The molecule has 178 valence electrons.